The van der Waals surface area contributed by atoms with E-state index in [1.54, 1.807) is 12.1 Å². The summed E-state index contributed by atoms with van der Waals surface area (Å²) in [7, 11) is -2.79. The molecule has 1 aliphatic heterocycles. The Morgan fingerprint density at radius 3 is 2.29 bits per heavy atom. The molecule has 2 fully saturated rings. The van der Waals surface area contributed by atoms with Crippen molar-refractivity contribution in [2.24, 2.45) is 0 Å². The third-order valence-electron chi connectivity index (χ3n) is 7.47. The van der Waals surface area contributed by atoms with Crippen LogP contribution in [0.4, 0.5) is 13.2 Å². The molecule has 0 N–H and O–H groups in total. The Balaban J connectivity index is 1.14. The van der Waals surface area contributed by atoms with E-state index in [0.717, 1.165) is 12.8 Å². The fourth-order valence-corrected chi connectivity index (χ4v) is 7.05. The molecule has 1 aromatic heterocycles. The molecule has 5 rings (SSSR count). The number of alkyl halides is 3. The molecule has 0 amide bonds. The molecule has 0 unspecified atom stereocenters. The van der Waals surface area contributed by atoms with E-state index in [0.29, 0.717) is 50.1 Å². The number of carbonyl (C=O) groups is 1. The van der Waals surface area contributed by atoms with Crippen LogP contribution in [0, 0.1) is 0 Å². The van der Waals surface area contributed by atoms with Crippen LogP contribution in [0.25, 0.3) is 5.69 Å². The highest BCUT2D eigenvalue weighted by molar-refractivity contribution is 7.93. The number of ether oxygens (including phenoxy) is 3. The van der Waals surface area contributed by atoms with Gasteiger partial charge < -0.3 is 19.1 Å². The number of hydrogen-bond donors (Lipinski definition) is 0. The van der Waals surface area contributed by atoms with Gasteiger partial charge in [0, 0.05) is 25.6 Å². The number of hydrogen-bond acceptors (Lipinski definition) is 9. The van der Waals surface area contributed by atoms with Gasteiger partial charge in [-0.05, 0) is 79.0 Å². The maximum absolute atomic E-state index is 13.7. The largest absolute Gasteiger partial charge is 0.573 e. The van der Waals surface area contributed by atoms with E-state index in [2.05, 4.69) is 19.9 Å². The number of benzene rings is 2. The van der Waals surface area contributed by atoms with E-state index in [4.69, 9.17) is 9.47 Å². The zero-order valence-corrected chi connectivity index (χ0v) is 23.7. The molecule has 0 radical (unpaired) electrons. The summed E-state index contributed by atoms with van der Waals surface area (Å²) < 4.78 is 78.8. The first-order chi connectivity index (χ1) is 20.0. The van der Waals surface area contributed by atoms with Gasteiger partial charge >= 0.3 is 12.3 Å². The molecule has 2 aliphatic rings. The number of tetrazole rings is 1. The zero-order valence-electron chi connectivity index (χ0n) is 22.9. The number of esters is 1. The highest BCUT2D eigenvalue weighted by atomic mass is 32.2. The quantitative estimate of drug-likeness (QED) is 0.184. The molecule has 0 bridgehead atoms. The summed E-state index contributed by atoms with van der Waals surface area (Å²) >= 11 is 0. The summed E-state index contributed by atoms with van der Waals surface area (Å²) in [5.41, 5.74) is 0.504. The average Bonchev–Trinajstić information content (AvgIpc) is 3.72. The molecular weight excluding hydrogens is 579 g/mol. The van der Waals surface area contributed by atoms with E-state index in [9.17, 15) is 26.4 Å². The first-order valence-corrected chi connectivity index (χ1v) is 15.0. The van der Waals surface area contributed by atoms with Crippen molar-refractivity contribution in [3.8, 4) is 17.2 Å². The van der Waals surface area contributed by atoms with Crippen LogP contribution in [-0.2, 0) is 25.9 Å². The Labute approximate surface area is 240 Å². The van der Waals surface area contributed by atoms with E-state index >= 15 is 0 Å². The lowest BCUT2D eigenvalue weighted by Gasteiger charge is -2.39. The van der Waals surface area contributed by atoms with Gasteiger partial charge in [0.25, 0.3) is 6.33 Å². The summed E-state index contributed by atoms with van der Waals surface area (Å²) in [6.07, 6.45) is -0.211. The minimum Gasteiger partial charge on any atom is -0.493 e. The summed E-state index contributed by atoms with van der Waals surface area (Å²) in [6.45, 7) is 1.76. The van der Waals surface area contributed by atoms with Crippen LogP contribution < -0.4 is 14.2 Å². The molecule has 15 heteroatoms. The van der Waals surface area contributed by atoms with Gasteiger partial charge in [0.15, 0.2) is 14.6 Å². The average molecular weight is 611 g/mol. The number of nitrogens with zero attached hydrogens (tertiary/aromatic N) is 5. The van der Waals surface area contributed by atoms with Gasteiger partial charge in [-0.2, -0.15) is 0 Å². The monoisotopic (exact) mass is 610 g/mol. The molecule has 2 aromatic carbocycles. The zero-order chi connectivity index (χ0) is 30.0. The Bertz CT molecular complexity index is 1480. The highest BCUT2D eigenvalue weighted by Gasteiger charge is 2.54. The Morgan fingerprint density at radius 1 is 1.05 bits per heavy atom. The second-order valence-electron chi connectivity index (χ2n) is 10.2. The lowest BCUT2D eigenvalue weighted by Crippen LogP contribution is -2.55. The number of aromatic nitrogens is 4. The van der Waals surface area contributed by atoms with Gasteiger partial charge in [0.05, 0.1) is 28.9 Å². The number of likely N-dealkylation sites (tertiary alicyclic amines) is 1. The minimum absolute atomic E-state index is 0.0448. The number of aryl methyl sites for hydroxylation is 1. The Kier molecular flexibility index (Phi) is 8.42. The Morgan fingerprint density at radius 2 is 1.69 bits per heavy atom. The molecular formula is C27H31F3N5O6S+. The third-order valence-corrected chi connectivity index (χ3v) is 9.97. The number of sulfone groups is 1. The predicted molar refractivity (Wildman–Crippen MR) is 141 cm³/mol. The maximum atomic E-state index is 13.7. The van der Waals surface area contributed by atoms with Gasteiger partial charge in [-0.3, -0.25) is 4.79 Å². The second-order valence-corrected chi connectivity index (χ2v) is 12.5. The summed E-state index contributed by atoms with van der Waals surface area (Å²) in [5, 5.41) is 8.40. The van der Waals surface area contributed by atoms with Crippen LogP contribution in [0.2, 0.25) is 0 Å². The van der Waals surface area contributed by atoms with Crippen LogP contribution in [-0.4, -0.2) is 78.4 Å². The molecule has 2 heterocycles. The van der Waals surface area contributed by atoms with Crippen molar-refractivity contribution in [2.45, 2.75) is 60.7 Å². The van der Waals surface area contributed by atoms with E-state index in [1.807, 2.05) is 0 Å². The van der Waals surface area contributed by atoms with Gasteiger partial charge in [0.2, 0.25) is 0 Å². The number of halogens is 3. The summed E-state index contributed by atoms with van der Waals surface area (Å²) in [5.74, 6) is -0.590. The van der Waals surface area contributed by atoms with Crippen LogP contribution in [0.5, 0.6) is 11.5 Å². The number of rotatable bonds is 11. The molecule has 226 valence electrons. The molecule has 0 atom stereocenters. The number of carbonyl (C=O) groups excluding carboxylic acids is 1. The van der Waals surface area contributed by atoms with Crippen molar-refractivity contribution in [3.63, 3.8) is 0 Å². The van der Waals surface area contributed by atoms with Crippen molar-refractivity contribution >= 4 is 15.8 Å². The second kappa shape index (κ2) is 11.9. The molecule has 11 nitrogen and oxygen atoms in total. The van der Waals surface area contributed by atoms with Crippen LogP contribution in [0.1, 0.15) is 32.1 Å². The minimum atomic E-state index is -4.76. The number of methoxy groups -OCH3 is 1. The standard InChI is InChI=1S/C27H31F3N5O6S/c1-39-25(36)26(13-16-33(17-14-26)20-3-4-20)42(37,38)24-11-9-22(10-12-24)40-18-2-15-35-31-19-34(32-35)21-5-7-23(8-6-21)41-27(28,29)30/h5-12,19-20H,2-4,13-18H2,1H3/q+1. The van der Waals surface area contributed by atoms with E-state index in [-0.39, 0.29) is 23.5 Å². The van der Waals surface area contributed by atoms with Crippen LogP contribution in [0.15, 0.2) is 59.8 Å². The van der Waals surface area contributed by atoms with Crippen LogP contribution in [0.3, 0.4) is 0 Å². The fourth-order valence-electron chi connectivity index (χ4n) is 5.08. The third kappa shape index (κ3) is 6.51. The van der Waals surface area contributed by atoms with Crippen molar-refractivity contribution in [1.29, 1.82) is 0 Å². The Hall–Kier alpha value is -3.72. The summed E-state index contributed by atoms with van der Waals surface area (Å²) in [4.78, 5) is 16.5. The predicted octanol–water partition coefficient (Wildman–Crippen LogP) is 2.87. The molecule has 42 heavy (non-hydrogen) atoms. The maximum Gasteiger partial charge on any atom is 0.573 e. The van der Waals surface area contributed by atoms with Gasteiger partial charge in [-0.15, -0.1) is 17.9 Å². The van der Waals surface area contributed by atoms with Crippen LogP contribution >= 0.6 is 0 Å². The molecule has 1 aliphatic carbocycles. The molecule has 1 saturated heterocycles. The first kappa shape index (κ1) is 29.8. The SMILES string of the molecule is COC(=O)C1(S(=O)(=O)c2ccc(OCCCn3nc[n+](-c4ccc(OC(F)(F)F)cc4)n3)cc2)CCN(C2CC2)CC1. The lowest BCUT2D eigenvalue weighted by atomic mass is 9.95. The van der Waals surface area contributed by atoms with Gasteiger partial charge in [-0.1, -0.05) is 0 Å². The highest BCUT2D eigenvalue weighted by Crippen LogP contribution is 2.40. The first-order valence-electron chi connectivity index (χ1n) is 13.5. The molecule has 0 spiro atoms. The topological polar surface area (TPSA) is 117 Å². The number of piperidine rings is 1. The van der Waals surface area contributed by atoms with Crippen molar-refractivity contribution in [3.05, 3.63) is 54.9 Å². The normalized spacial score (nSPS) is 17.5. The smallest absolute Gasteiger partial charge is 0.493 e. The van der Waals surface area contributed by atoms with E-state index < -0.39 is 26.9 Å². The summed E-state index contributed by atoms with van der Waals surface area (Å²) in [6, 6.07) is 11.7. The van der Waals surface area contributed by atoms with Crippen molar-refractivity contribution in [1.82, 2.24) is 20.0 Å². The van der Waals surface area contributed by atoms with Gasteiger partial charge in [0.1, 0.15) is 23.7 Å². The molecule has 3 aromatic rings. The van der Waals surface area contributed by atoms with Crippen molar-refractivity contribution in [2.75, 3.05) is 26.8 Å². The van der Waals surface area contributed by atoms with E-state index in [1.165, 1.54) is 59.3 Å². The lowest BCUT2D eigenvalue weighted by molar-refractivity contribution is -0.662. The van der Waals surface area contributed by atoms with Gasteiger partial charge in [-0.25, -0.2) is 8.42 Å². The fraction of sp³-hybridized carbons (Fsp3) is 0.481. The molecule has 1 saturated carbocycles. The van der Waals surface area contributed by atoms with Crippen molar-refractivity contribution < 1.29 is 45.3 Å².